The van der Waals surface area contributed by atoms with Gasteiger partial charge in [0.25, 0.3) is 0 Å². The van der Waals surface area contributed by atoms with Gasteiger partial charge >= 0.3 is 0 Å². The summed E-state index contributed by atoms with van der Waals surface area (Å²) in [5.74, 6) is 0.845. The summed E-state index contributed by atoms with van der Waals surface area (Å²) < 4.78 is 11.4. The predicted molar refractivity (Wildman–Crippen MR) is 82.1 cm³/mol. The van der Waals surface area contributed by atoms with Gasteiger partial charge in [-0.15, -0.1) is 0 Å². The molecular formula is C17H28O3. The van der Waals surface area contributed by atoms with Crippen molar-refractivity contribution in [1.29, 1.82) is 0 Å². The van der Waals surface area contributed by atoms with Crippen LogP contribution in [0.5, 0.6) is 5.75 Å². The van der Waals surface area contributed by atoms with Gasteiger partial charge in [0, 0.05) is 6.61 Å². The minimum Gasteiger partial charge on any atom is -0.494 e. The first kappa shape index (κ1) is 17.0. The molecule has 0 heterocycles. The monoisotopic (exact) mass is 280 g/mol. The smallest absolute Gasteiger partial charge is 0.119 e. The van der Waals surface area contributed by atoms with Gasteiger partial charge in [-0.3, -0.25) is 0 Å². The highest BCUT2D eigenvalue weighted by Crippen LogP contribution is 2.35. The first-order chi connectivity index (χ1) is 9.63. The second-order valence-electron chi connectivity index (χ2n) is 5.02. The van der Waals surface area contributed by atoms with E-state index in [-0.39, 0.29) is 0 Å². The lowest BCUT2D eigenvalue weighted by atomic mass is 9.86. The summed E-state index contributed by atoms with van der Waals surface area (Å²) in [4.78, 5) is 0. The fraction of sp³-hybridized carbons (Fsp3) is 0.647. The number of benzene rings is 1. The zero-order valence-electron chi connectivity index (χ0n) is 13.2. The number of ether oxygens (including phenoxy) is 2. The van der Waals surface area contributed by atoms with Crippen LogP contribution in [0.4, 0.5) is 0 Å². The SMILES string of the molecule is CCCOc1ccc(C(O)C(CC)(CC)OCC)cc1. The van der Waals surface area contributed by atoms with Gasteiger partial charge in [0.15, 0.2) is 0 Å². The van der Waals surface area contributed by atoms with Crippen LogP contribution in [0.2, 0.25) is 0 Å². The van der Waals surface area contributed by atoms with E-state index < -0.39 is 11.7 Å². The van der Waals surface area contributed by atoms with Crippen molar-refractivity contribution in [3.8, 4) is 5.75 Å². The largest absolute Gasteiger partial charge is 0.494 e. The molecule has 0 radical (unpaired) electrons. The third kappa shape index (κ3) is 3.97. The predicted octanol–water partition coefficient (Wildman–Crippen LogP) is 4.10. The normalized spacial score (nSPS) is 13.2. The van der Waals surface area contributed by atoms with Gasteiger partial charge in [-0.05, 0) is 43.9 Å². The van der Waals surface area contributed by atoms with Crippen LogP contribution < -0.4 is 4.74 Å². The van der Waals surface area contributed by atoms with Crippen LogP contribution >= 0.6 is 0 Å². The van der Waals surface area contributed by atoms with Gasteiger partial charge in [0.1, 0.15) is 11.9 Å². The summed E-state index contributed by atoms with van der Waals surface area (Å²) >= 11 is 0. The standard InChI is InChI=1S/C17H28O3/c1-5-13-19-15-11-9-14(10-12-15)16(18)17(6-2,7-3)20-8-4/h9-12,16,18H,5-8,13H2,1-4H3. The molecule has 0 spiro atoms. The van der Waals surface area contributed by atoms with Gasteiger partial charge in [0.05, 0.1) is 12.2 Å². The molecule has 3 nitrogen and oxygen atoms in total. The van der Waals surface area contributed by atoms with Crippen LogP contribution in [0.1, 0.15) is 58.6 Å². The number of aliphatic hydroxyl groups is 1. The van der Waals surface area contributed by atoms with E-state index in [0.717, 1.165) is 30.6 Å². The van der Waals surface area contributed by atoms with Crippen molar-refractivity contribution in [2.45, 2.75) is 58.7 Å². The summed E-state index contributed by atoms with van der Waals surface area (Å²) in [6.45, 7) is 9.49. The second-order valence-corrected chi connectivity index (χ2v) is 5.02. The summed E-state index contributed by atoms with van der Waals surface area (Å²) in [5, 5.41) is 10.7. The van der Waals surface area contributed by atoms with Crippen LogP contribution in [0.15, 0.2) is 24.3 Å². The molecule has 0 fully saturated rings. The molecule has 0 saturated carbocycles. The average Bonchev–Trinajstić information content (AvgIpc) is 2.50. The Balaban J connectivity index is 2.86. The van der Waals surface area contributed by atoms with E-state index in [9.17, 15) is 5.11 Å². The van der Waals surface area contributed by atoms with E-state index in [1.165, 1.54) is 0 Å². The highest BCUT2D eigenvalue weighted by Gasteiger charge is 2.36. The fourth-order valence-electron chi connectivity index (χ4n) is 2.48. The highest BCUT2D eigenvalue weighted by molar-refractivity contribution is 5.29. The molecule has 0 aliphatic carbocycles. The third-order valence-corrected chi connectivity index (χ3v) is 3.80. The molecule has 0 aromatic heterocycles. The molecule has 1 unspecified atom stereocenters. The van der Waals surface area contributed by atoms with Gasteiger partial charge < -0.3 is 14.6 Å². The molecule has 20 heavy (non-hydrogen) atoms. The molecule has 1 aromatic rings. The van der Waals surface area contributed by atoms with Crippen LogP contribution in [0.25, 0.3) is 0 Å². The first-order valence-corrected chi connectivity index (χ1v) is 7.68. The lowest BCUT2D eigenvalue weighted by molar-refractivity contribution is -0.127. The zero-order valence-corrected chi connectivity index (χ0v) is 13.2. The van der Waals surface area contributed by atoms with Crippen LogP contribution in [0, 0.1) is 0 Å². The first-order valence-electron chi connectivity index (χ1n) is 7.68. The van der Waals surface area contributed by atoms with Gasteiger partial charge in [-0.2, -0.15) is 0 Å². The van der Waals surface area contributed by atoms with Crippen LogP contribution in [0.3, 0.4) is 0 Å². The maximum Gasteiger partial charge on any atom is 0.119 e. The Hall–Kier alpha value is -1.06. The number of rotatable bonds is 9. The Kier molecular flexibility index (Phi) is 7.03. The summed E-state index contributed by atoms with van der Waals surface area (Å²) in [5.41, 5.74) is 0.381. The number of hydrogen-bond acceptors (Lipinski definition) is 3. The summed E-state index contributed by atoms with van der Waals surface area (Å²) in [6, 6.07) is 7.68. The molecule has 0 aliphatic heterocycles. The van der Waals surface area contributed by atoms with E-state index in [4.69, 9.17) is 9.47 Å². The quantitative estimate of drug-likeness (QED) is 0.740. The Morgan fingerprint density at radius 1 is 1.05 bits per heavy atom. The molecule has 3 heteroatoms. The maximum atomic E-state index is 10.7. The van der Waals surface area contributed by atoms with E-state index in [0.29, 0.717) is 13.2 Å². The molecule has 114 valence electrons. The lowest BCUT2D eigenvalue weighted by Gasteiger charge is -2.36. The van der Waals surface area contributed by atoms with E-state index in [1.54, 1.807) is 0 Å². The molecule has 1 rings (SSSR count). The Bertz CT molecular complexity index is 368. The topological polar surface area (TPSA) is 38.7 Å². The van der Waals surface area contributed by atoms with Crippen molar-refractivity contribution in [1.82, 2.24) is 0 Å². The van der Waals surface area contributed by atoms with Crippen molar-refractivity contribution < 1.29 is 14.6 Å². The van der Waals surface area contributed by atoms with Crippen molar-refractivity contribution in [3.05, 3.63) is 29.8 Å². The summed E-state index contributed by atoms with van der Waals surface area (Å²) in [7, 11) is 0. The average molecular weight is 280 g/mol. The van der Waals surface area contributed by atoms with Gasteiger partial charge in [0.2, 0.25) is 0 Å². The van der Waals surface area contributed by atoms with Crippen molar-refractivity contribution in [2.75, 3.05) is 13.2 Å². The van der Waals surface area contributed by atoms with Gasteiger partial charge in [-0.25, -0.2) is 0 Å². The third-order valence-electron chi connectivity index (χ3n) is 3.80. The van der Waals surface area contributed by atoms with Crippen LogP contribution in [-0.2, 0) is 4.74 Å². The minimum atomic E-state index is -0.613. The zero-order chi connectivity index (χ0) is 15.0. The Morgan fingerprint density at radius 3 is 2.10 bits per heavy atom. The van der Waals surface area contributed by atoms with Crippen molar-refractivity contribution in [2.24, 2.45) is 0 Å². The molecule has 1 aromatic carbocycles. The number of hydrogen-bond donors (Lipinski definition) is 1. The summed E-state index contributed by atoms with van der Waals surface area (Å²) in [6.07, 6.45) is 1.94. The van der Waals surface area contributed by atoms with Crippen molar-refractivity contribution in [3.63, 3.8) is 0 Å². The van der Waals surface area contributed by atoms with Crippen LogP contribution in [-0.4, -0.2) is 23.9 Å². The highest BCUT2D eigenvalue weighted by atomic mass is 16.5. The van der Waals surface area contributed by atoms with Gasteiger partial charge in [-0.1, -0.05) is 32.9 Å². The molecule has 1 atom stereocenters. The molecule has 0 bridgehead atoms. The number of aliphatic hydroxyl groups excluding tert-OH is 1. The molecule has 1 N–H and O–H groups in total. The van der Waals surface area contributed by atoms with E-state index in [2.05, 4.69) is 20.8 Å². The minimum absolute atomic E-state index is 0.499. The molecule has 0 amide bonds. The molecule has 0 aliphatic rings. The van der Waals surface area contributed by atoms with Crippen molar-refractivity contribution >= 4 is 0 Å². The second kappa shape index (κ2) is 8.28. The lowest BCUT2D eigenvalue weighted by Crippen LogP contribution is -2.38. The maximum absolute atomic E-state index is 10.7. The Labute approximate surface area is 122 Å². The molecule has 0 saturated heterocycles. The van der Waals surface area contributed by atoms with E-state index in [1.807, 2.05) is 31.2 Å². The van der Waals surface area contributed by atoms with E-state index >= 15 is 0 Å². The fourth-order valence-corrected chi connectivity index (χ4v) is 2.48. The molecular weight excluding hydrogens is 252 g/mol. The Morgan fingerprint density at radius 2 is 1.65 bits per heavy atom.